The van der Waals surface area contributed by atoms with Crippen LogP contribution in [0.2, 0.25) is 0 Å². The smallest absolute Gasteiger partial charge is 0.222 e. The lowest BCUT2D eigenvalue weighted by atomic mass is 9.84. The van der Waals surface area contributed by atoms with Crippen molar-refractivity contribution < 1.29 is 19.1 Å². The van der Waals surface area contributed by atoms with Crippen LogP contribution < -0.4 is 5.32 Å². The molecule has 0 bridgehead atoms. The highest BCUT2D eigenvalue weighted by atomic mass is 16.5. The average Bonchev–Trinajstić information content (AvgIpc) is 2.87. The fraction of sp³-hybridized carbons (Fsp3) is 0.737. The maximum absolute atomic E-state index is 12.4. The van der Waals surface area contributed by atoms with Crippen molar-refractivity contribution in [2.24, 2.45) is 0 Å². The van der Waals surface area contributed by atoms with E-state index < -0.39 is 0 Å². The molecule has 7 heteroatoms. The molecule has 2 fully saturated rings. The summed E-state index contributed by atoms with van der Waals surface area (Å²) in [5, 5.41) is 7.56. The molecule has 7 nitrogen and oxygen atoms in total. The monoisotopic (exact) mass is 363 g/mol. The first-order valence-corrected chi connectivity index (χ1v) is 9.46. The van der Waals surface area contributed by atoms with E-state index in [0.717, 1.165) is 50.3 Å². The highest BCUT2D eigenvalue weighted by Gasteiger charge is 2.39. The number of aromatic nitrogens is 2. The molecule has 1 aromatic heterocycles. The summed E-state index contributed by atoms with van der Waals surface area (Å²) >= 11 is 0. The highest BCUT2D eigenvalue weighted by Crippen LogP contribution is 2.34. The number of nitrogens with zero attached hydrogens (tertiary/aromatic N) is 2. The fourth-order valence-electron chi connectivity index (χ4n) is 4.17. The molecule has 26 heavy (non-hydrogen) atoms. The van der Waals surface area contributed by atoms with Gasteiger partial charge in [0, 0.05) is 44.5 Å². The number of hydrogen-bond acceptors (Lipinski definition) is 5. The minimum Gasteiger partial charge on any atom is -0.381 e. The van der Waals surface area contributed by atoms with Crippen LogP contribution in [0.25, 0.3) is 0 Å². The first kappa shape index (κ1) is 19.0. The lowest BCUT2D eigenvalue weighted by molar-refractivity contribution is -0.144. The summed E-state index contributed by atoms with van der Waals surface area (Å²) in [6.45, 7) is 7.88. The lowest BCUT2D eigenvalue weighted by Crippen LogP contribution is -2.51. The van der Waals surface area contributed by atoms with Crippen molar-refractivity contribution in [2.75, 3.05) is 19.8 Å². The molecule has 3 heterocycles. The Labute approximate surface area is 154 Å². The Bertz CT molecular complexity index is 671. The molecular weight excluding hydrogens is 334 g/mol. The van der Waals surface area contributed by atoms with Gasteiger partial charge in [0.15, 0.2) is 5.78 Å². The van der Waals surface area contributed by atoms with E-state index in [1.165, 1.54) is 0 Å². The largest absolute Gasteiger partial charge is 0.381 e. The van der Waals surface area contributed by atoms with Gasteiger partial charge in [0.1, 0.15) is 0 Å². The van der Waals surface area contributed by atoms with Crippen molar-refractivity contribution in [3.05, 3.63) is 17.0 Å². The Morgan fingerprint density at radius 1 is 1.27 bits per heavy atom. The number of hydrogen-bond donors (Lipinski definition) is 1. The van der Waals surface area contributed by atoms with E-state index in [0.29, 0.717) is 25.1 Å². The Balaban J connectivity index is 1.53. The summed E-state index contributed by atoms with van der Waals surface area (Å²) in [4.78, 5) is 24.1. The molecule has 2 aliphatic heterocycles. The Kier molecular flexibility index (Phi) is 5.77. The number of ketones is 1. The van der Waals surface area contributed by atoms with Crippen LogP contribution in [0.5, 0.6) is 0 Å². The van der Waals surface area contributed by atoms with Crippen molar-refractivity contribution in [1.29, 1.82) is 0 Å². The van der Waals surface area contributed by atoms with Crippen LogP contribution in [0.15, 0.2) is 0 Å². The highest BCUT2D eigenvalue weighted by molar-refractivity contribution is 5.96. The SMILES string of the molecule is CC(=O)c1c(C)nn(CCC(=O)N[C@@H]2CCOC3(CCOCC3)C2)c1C. The second-order valence-corrected chi connectivity index (χ2v) is 7.48. The molecule has 0 unspecified atom stereocenters. The van der Waals surface area contributed by atoms with Crippen molar-refractivity contribution in [1.82, 2.24) is 15.1 Å². The molecule has 2 saturated heterocycles. The van der Waals surface area contributed by atoms with Crippen LogP contribution in [-0.4, -0.2) is 52.9 Å². The van der Waals surface area contributed by atoms with Crippen LogP contribution in [0, 0.1) is 13.8 Å². The van der Waals surface area contributed by atoms with Gasteiger partial charge in [0.25, 0.3) is 0 Å². The molecule has 1 N–H and O–H groups in total. The maximum Gasteiger partial charge on any atom is 0.222 e. The van der Waals surface area contributed by atoms with Gasteiger partial charge in [-0.05, 0) is 46.5 Å². The number of ether oxygens (including phenoxy) is 2. The van der Waals surface area contributed by atoms with E-state index in [2.05, 4.69) is 10.4 Å². The second kappa shape index (κ2) is 7.88. The predicted molar refractivity (Wildman–Crippen MR) is 96.2 cm³/mol. The molecule has 0 radical (unpaired) electrons. The van der Waals surface area contributed by atoms with E-state index in [1.54, 1.807) is 11.6 Å². The molecule has 0 aliphatic carbocycles. The Morgan fingerprint density at radius 3 is 2.65 bits per heavy atom. The van der Waals surface area contributed by atoms with Crippen LogP contribution in [0.1, 0.15) is 60.8 Å². The summed E-state index contributed by atoms with van der Waals surface area (Å²) in [7, 11) is 0. The predicted octanol–water partition coefficient (Wildman–Crippen LogP) is 1.94. The number of nitrogens with one attached hydrogen (secondary N) is 1. The number of amides is 1. The van der Waals surface area contributed by atoms with Crippen LogP contribution in [-0.2, 0) is 20.8 Å². The fourth-order valence-corrected chi connectivity index (χ4v) is 4.17. The summed E-state index contributed by atoms with van der Waals surface area (Å²) in [5.41, 5.74) is 2.09. The van der Waals surface area contributed by atoms with E-state index >= 15 is 0 Å². The van der Waals surface area contributed by atoms with E-state index in [9.17, 15) is 9.59 Å². The summed E-state index contributed by atoms with van der Waals surface area (Å²) < 4.78 is 13.2. The Morgan fingerprint density at radius 2 is 2.00 bits per heavy atom. The van der Waals surface area contributed by atoms with E-state index in [-0.39, 0.29) is 23.3 Å². The summed E-state index contributed by atoms with van der Waals surface area (Å²) in [6.07, 6.45) is 3.86. The molecule has 1 aromatic rings. The molecule has 1 atom stereocenters. The van der Waals surface area contributed by atoms with Gasteiger partial charge in [0.2, 0.25) is 5.91 Å². The standard InChI is InChI=1S/C19H29N3O4/c1-13-18(15(3)23)14(2)22(21-13)8-4-17(24)20-16-5-9-26-19(12-16)6-10-25-11-7-19/h16H,4-12H2,1-3H3,(H,20,24)/t16-/m1/s1. The van der Waals surface area contributed by atoms with Crippen molar-refractivity contribution >= 4 is 11.7 Å². The van der Waals surface area contributed by atoms with Crippen LogP contribution in [0.3, 0.4) is 0 Å². The van der Waals surface area contributed by atoms with Gasteiger partial charge < -0.3 is 14.8 Å². The third-order valence-corrected chi connectivity index (χ3v) is 5.55. The zero-order valence-corrected chi connectivity index (χ0v) is 16.0. The first-order chi connectivity index (χ1) is 12.4. The third-order valence-electron chi connectivity index (χ3n) is 5.55. The molecule has 144 valence electrons. The minimum atomic E-state index is -0.124. The Hall–Kier alpha value is -1.73. The average molecular weight is 363 g/mol. The number of Topliss-reactive ketones (excluding diaryl/α,β-unsaturated/α-hetero) is 1. The zero-order valence-electron chi connectivity index (χ0n) is 16.0. The van der Waals surface area contributed by atoms with E-state index in [4.69, 9.17) is 9.47 Å². The number of rotatable bonds is 5. The van der Waals surface area contributed by atoms with Gasteiger partial charge in [-0.3, -0.25) is 14.3 Å². The lowest BCUT2D eigenvalue weighted by Gasteiger charge is -2.43. The van der Waals surface area contributed by atoms with Gasteiger partial charge in [0.05, 0.1) is 16.9 Å². The maximum atomic E-state index is 12.4. The van der Waals surface area contributed by atoms with E-state index in [1.807, 2.05) is 13.8 Å². The van der Waals surface area contributed by atoms with Gasteiger partial charge in [-0.1, -0.05) is 0 Å². The topological polar surface area (TPSA) is 82.5 Å². The number of aryl methyl sites for hydroxylation is 2. The quantitative estimate of drug-likeness (QED) is 0.809. The molecular formula is C19H29N3O4. The second-order valence-electron chi connectivity index (χ2n) is 7.48. The van der Waals surface area contributed by atoms with Crippen LogP contribution in [0.4, 0.5) is 0 Å². The number of carbonyl (C=O) groups is 2. The summed E-state index contributed by atoms with van der Waals surface area (Å²) in [5.74, 6) is 0.0377. The minimum absolute atomic E-state index is 0.0136. The van der Waals surface area contributed by atoms with Gasteiger partial charge in [-0.25, -0.2) is 0 Å². The molecule has 0 saturated carbocycles. The van der Waals surface area contributed by atoms with Gasteiger partial charge >= 0.3 is 0 Å². The zero-order chi connectivity index (χ0) is 18.7. The summed E-state index contributed by atoms with van der Waals surface area (Å²) in [6, 6.07) is 0.155. The van der Waals surface area contributed by atoms with Crippen molar-refractivity contribution in [3.63, 3.8) is 0 Å². The van der Waals surface area contributed by atoms with Crippen molar-refractivity contribution in [3.8, 4) is 0 Å². The molecule has 3 rings (SSSR count). The molecule has 1 amide bonds. The van der Waals surface area contributed by atoms with Crippen molar-refractivity contribution in [2.45, 2.75) is 71.1 Å². The van der Waals surface area contributed by atoms with Gasteiger partial charge in [-0.15, -0.1) is 0 Å². The molecule has 0 aromatic carbocycles. The van der Waals surface area contributed by atoms with Gasteiger partial charge in [-0.2, -0.15) is 5.10 Å². The van der Waals surface area contributed by atoms with Crippen LogP contribution >= 0.6 is 0 Å². The normalized spacial score (nSPS) is 22.3. The first-order valence-electron chi connectivity index (χ1n) is 9.46. The molecule has 1 spiro atoms. The number of carbonyl (C=O) groups excluding carboxylic acids is 2. The third kappa shape index (κ3) is 4.15. The molecule has 2 aliphatic rings.